The second kappa shape index (κ2) is 8.91. The largest absolute Gasteiger partial charge is 0.354 e. The number of amides is 2. The molecule has 0 radical (unpaired) electrons. The predicted octanol–water partition coefficient (Wildman–Crippen LogP) is 3.60. The van der Waals surface area contributed by atoms with E-state index in [0.29, 0.717) is 5.69 Å². The summed E-state index contributed by atoms with van der Waals surface area (Å²) in [5.41, 5.74) is 2.14. The molecule has 0 atom stereocenters. The lowest BCUT2D eigenvalue weighted by Crippen LogP contribution is -2.41. The number of hydrogen-bond donors (Lipinski definition) is 3. The van der Waals surface area contributed by atoms with Crippen molar-refractivity contribution in [2.45, 2.75) is 32.6 Å². The Labute approximate surface area is 169 Å². The number of nitrogens with one attached hydrogen (secondary N) is 3. The van der Waals surface area contributed by atoms with Crippen LogP contribution in [0.25, 0.3) is 0 Å². The Morgan fingerprint density at radius 3 is 2.31 bits per heavy atom. The lowest BCUT2D eigenvalue weighted by atomic mass is 10.1. The van der Waals surface area contributed by atoms with Crippen molar-refractivity contribution in [3.63, 3.8) is 0 Å². The van der Waals surface area contributed by atoms with E-state index in [-0.39, 0.29) is 18.2 Å². The van der Waals surface area contributed by atoms with Crippen LogP contribution in [-0.2, 0) is 10.0 Å². The summed E-state index contributed by atoms with van der Waals surface area (Å²) >= 11 is 0. The smallest absolute Gasteiger partial charge is 0.328 e. The fourth-order valence-corrected chi connectivity index (χ4v) is 3.72. The van der Waals surface area contributed by atoms with Gasteiger partial charge in [0.1, 0.15) is 4.90 Å². The van der Waals surface area contributed by atoms with Crippen LogP contribution in [0.1, 0.15) is 25.0 Å². The zero-order valence-electron chi connectivity index (χ0n) is 16.6. The third-order valence-corrected chi connectivity index (χ3v) is 5.48. The monoisotopic (exact) mass is 420 g/mol. The fraction of sp³-hybridized carbons (Fsp3) is 0.316. The first-order valence-electron chi connectivity index (χ1n) is 8.93. The van der Waals surface area contributed by atoms with Gasteiger partial charge in [-0.05, 0) is 37.0 Å². The molecule has 0 bridgehead atoms. The first-order valence-corrected chi connectivity index (χ1v) is 10.4. The van der Waals surface area contributed by atoms with E-state index in [4.69, 9.17) is 0 Å². The van der Waals surface area contributed by atoms with Gasteiger partial charge in [0.2, 0.25) is 0 Å². The van der Waals surface area contributed by atoms with E-state index in [2.05, 4.69) is 10.6 Å². The van der Waals surface area contributed by atoms with Crippen molar-refractivity contribution >= 4 is 33.1 Å². The normalized spacial score (nSPS) is 11.2. The molecule has 0 aromatic heterocycles. The van der Waals surface area contributed by atoms with Gasteiger partial charge in [0.05, 0.1) is 10.6 Å². The molecule has 0 heterocycles. The maximum atomic E-state index is 12.8. The summed E-state index contributed by atoms with van der Waals surface area (Å²) in [7, 11) is -4.37. The summed E-state index contributed by atoms with van der Waals surface area (Å²) in [6.07, 6.45) is 0. The number of anilines is 2. The van der Waals surface area contributed by atoms with Crippen molar-refractivity contribution in [2.75, 3.05) is 11.9 Å². The van der Waals surface area contributed by atoms with E-state index >= 15 is 0 Å². The molecule has 9 nitrogen and oxygen atoms in total. The number of aryl methyl sites for hydroxylation is 2. The highest BCUT2D eigenvalue weighted by molar-refractivity contribution is 7.90. The van der Waals surface area contributed by atoms with Gasteiger partial charge < -0.3 is 10.6 Å². The second-order valence-electron chi connectivity index (χ2n) is 7.04. The Hall–Kier alpha value is -3.14. The highest BCUT2D eigenvalue weighted by atomic mass is 32.2. The Bertz CT molecular complexity index is 1010. The average molecular weight is 420 g/mol. The topological polar surface area (TPSA) is 130 Å². The zero-order valence-corrected chi connectivity index (χ0v) is 17.5. The molecule has 0 saturated carbocycles. The molecule has 10 heteroatoms. The van der Waals surface area contributed by atoms with Crippen LogP contribution >= 0.6 is 0 Å². The molecule has 0 spiro atoms. The van der Waals surface area contributed by atoms with E-state index in [1.165, 1.54) is 12.1 Å². The number of rotatable bonds is 7. The molecule has 2 rings (SSSR count). The highest BCUT2D eigenvalue weighted by Gasteiger charge is 2.25. The molecule has 3 N–H and O–H groups in total. The maximum Gasteiger partial charge on any atom is 0.328 e. The van der Waals surface area contributed by atoms with Gasteiger partial charge >= 0.3 is 6.03 Å². The Morgan fingerprint density at radius 2 is 1.76 bits per heavy atom. The van der Waals surface area contributed by atoms with Crippen LogP contribution in [-0.4, -0.2) is 25.9 Å². The van der Waals surface area contributed by atoms with Gasteiger partial charge in [-0.3, -0.25) is 10.1 Å². The quantitative estimate of drug-likeness (QED) is 0.463. The van der Waals surface area contributed by atoms with E-state index in [1.807, 2.05) is 50.6 Å². The maximum absolute atomic E-state index is 12.8. The third-order valence-electron chi connectivity index (χ3n) is 4.10. The minimum Gasteiger partial charge on any atom is -0.354 e. The van der Waals surface area contributed by atoms with E-state index in [1.54, 1.807) is 0 Å². The second-order valence-corrected chi connectivity index (χ2v) is 8.69. The number of non-ortho nitro benzene ring substituents is 1. The summed E-state index contributed by atoms with van der Waals surface area (Å²) in [5.74, 6) is 0.127. The summed E-state index contributed by atoms with van der Waals surface area (Å²) in [4.78, 5) is 22.0. The lowest BCUT2D eigenvalue weighted by molar-refractivity contribution is -0.385. The zero-order chi connectivity index (χ0) is 21.8. The lowest BCUT2D eigenvalue weighted by Gasteiger charge is -2.17. The standard InChI is InChI=1S/C19H24N4O5S/c1-12(2)11-20-19(24)22-29(27,28)17-10-15(23(25)26)8-9-16(17)21-18-13(3)6-5-7-14(18)4/h5-10,12,21H,11H2,1-4H3,(H2,20,22,24). The SMILES string of the molecule is Cc1cccc(C)c1Nc1ccc([N+](=O)[O-])cc1S(=O)(=O)NC(=O)NCC(C)C. The first-order chi connectivity index (χ1) is 13.5. The molecular formula is C19H24N4O5S. The van der Waals surface area contributed by atoms with Crippen molar-refractivity contribution < 1.29 is 18.1 Å². The predicted molar refractivity (Wildman–Crippen MR) is 111 cm³/mol. The van der Waals surface area contributed by atoms with Crippen molar-refractivity contribution in [2.24, 2.45) is 5.92 Å². The minimum atomic E-state index is -4.37. The van der Waals surface area contributed by atoms with Crippen molar-refractivity contribution in [1.82, 2.24) is 10.0 Å². The fourth-order valence-electron chi connectivity index (χ4n) is 2.61. The molecule has 0 fully saturated rings. The van der Waals surface area contributed by atoms with Crippen LogP contribution in [0, 0.1) is 29.9 Å². The molecule has 0 aliphatic rings. The molecular weight excluding hydrogens is 396 g/mol. The van der Waals surface area contributed by atoms with Crippen LogP contribution in [0.3, 0.4) is 0 Å². The van der Waals surface area contributed by atoms with E-state index in [0.717, 1.165) is 17.2 Å². The van der Waals surface area contributed by atoms with Crippen LogP contribution < -0.4 is 15.4 Å². The van der Waals surface area contributed by atoms with Gasteiger partial charge in [-0.2, -0.15) is 0 Å². The summed E-state index contributed by atoms with van der Waals surface area (Å²) in [5, 5.41) is 16.6. The van der Waals surface area contributed by atoms with Crippen LogP contribution in [0.15, 0.2) is 41.3 Å². The van der Waals surface area contributed by atoms with Gasteiger partial charge in [0.25, 0.3) is 15.7 Å². The average Bonchev–Trinajstić information content (AvgIpc) is 2.62. The molecule has 2 amide bonds. The Morgan fingerprint density at radius 1 is 1.14 bits per heavy atom. The summed E-state index contributed by atoms with van der Waals surface area (Å²) in [6.45, 7) is 7.71. The number of carbonyl (C=O) groups excluding carboxylic acids is 1. The van der Waals surface area contributed by atoms with Gasteiger partial charge in [0.15, 0.2) is 0 Å². The van der Waals surface area contributed by atoms with Crippen LogP contribution in [0.5, 0.6) is 0 Å². The van der Waals surface area contributed by atoms with Gasteiger partial charge in [-0.25, -0.2) is 17.9 Å². The number of para-hydroxylation sites is 1. The minimum absolute atomic E-state index is 0.122. The third kappa shape index (κ3) is 5.67. The number of urea groups is 1. The van der Waals surface area contributed by atoms with E-state index < -0.39 is 31.6 Å². The molecule has 2 aromatic carbocycles. The summed E-state index contributed by atoms with van der Waals surface area (Å²) in [6, 6.07) is 8.11. The van der Waals surface area contributed by atoms with Crippen molar-refractivity contribution in [1.29, 1.82) is 0 Å². The van der Waals surface area contributed by atoms with Crippen LogP contribution in [0.4, 0.5) is 21.9 Å². The van der Waals surface area contributed by atoms with Gasteiger partial charge in [-0.15, -0.1) is 0 Å². The summed E-state index contributed by atoms with van der Waals surface area (Å²) < 4.78 is 27.5. The Kier molecular flexibility index (Phi) is 6.80. The number of hydrogen-bond acceptors (Lipinski definition) is 6. The highest BCUT2D eigenvalue weighted by Crippen LogP contribution is 2.31. The number of benzene rings is 2. The Balaban J connectivity index is 2.46. The van der Waals surface area contributed by atoms with Crippen molar-refractivity contribution in [3.05, 3.63) is 57.6 Å². The number of carbonyl (C=O) groups is 1. The van der Waals surface area contributed by atoms with E-state index in [9.17, 15) is 23.3 Å². The molecule has 2 aromatic rings. The molecule has 0 aliphatic heterocycles. The number of nitrogens with zero attached hydrogens (tertiary/aromatic N) is 1. The van der Waals surface area contributed by atoms with Gasteiger partial charge in [0, 0.05) is 24.4 Å². The molecule has 156 valence electrons. The molecule has 29 heavy (non-hydrogen) atoms. The van der Waals surface area contributed by atoms with Crippen LogP contribution in [0.2, 0.25) is 0 Å². The van der Waals surface area contributed by atoms with Crippen molar-refractivity contribution in [3.8, 4) is 0 Å². The molecule has 0 aliphatic carbocycles. The number of nitro groups is 1. The number of nitro benzene ring substituents is 1. The molecule has 0 saturated heterocycles. The molecule has 0 unspecified atom stereocenters. The number of sulfonamides is 1. The first kappa shape index (κ1) is 22.2. The van der Waals surface area contributed by atoms with Gasteiger partial charge in [-0.1, -0.05) is 32.0 Å².